The highest BCUT2D eigenvalue weighted by atomic mass is 16.5. The van der Waals surface area contributed by atoms with Crippen molar-refractivity contribution in [2.24, 2.45) is 0 Å². The van der Waals surface area contributed by atoms with Gasteiger partial charge in [-0.05, 0) is 24.6 Å². The normalized spacial score (nSPS) is 9.62. The van der Waals surface area contributed by atoms with Crippen LogP contribution in [0.5, 0.6) is 5.75 Å². The first-order valence-corrected chi connectivity index (χ1v) is 4.72. The molecule has 1 amide bonds. The van der Waals surface area contributed by atoms with Crippen molar-refractivity contribution in [2.75, 3.05) is 13.7 Å². The zero-order valence-electron chi connectivity index (χ0n) is 9.11. The standard InChI is InChI=1S/C11H13NO4/c1-7-3-4-8(11(14)15)5-9(7)16-6-10(13)12-2/h3-5H,6H2,1-2H3,(H,12,13)(H,14,15). The maximum atomic E-state index is 11.0. The van der Waals surface area contributed by atoms with Gasteiger partial charge in [-0.25, -0.2) is 4.79 Å². The van der Waals surface area contributed by atoms with E-state index in [1.165, 1.54) is 19.2 Å². The van der Waals surface area contributed by atoms with Crippen LogP contribution in [-0.4, -0.2) is 30.6 Å². The molecule has 0 heterocycles. The number of ether oxygens (including phenoxy) is 1. The topological polar surface area (TPSA) is 75.6 Å². The van der Waals surface area contributed by atoms with Gasteiger partial charge in [0.2, 0.25) is 0 Å². The summed E-state index contributed by atoms with van der Waals surface area (Å²) in [7, 11) is 1.51. The summed E-state index contributed by atoms with van der Waals surface area (Å²) in [6, 6.07) is 4.54. The van der Waals surface area contributed by atoms with Crippen LogP contribution in [0.3, 0.4) is 0 Å². The molecule has 1 rings (SSSR count). The third-order valence-electron chi connectivity index (χ3n) is 2.07. The molecule has 1 aromatic rings. The monoisotopic (exact) mass is 223 g/mol. The molecule has 0 unspecified atom stereocenters. The second kappa shape index (κ2) is 5.16. The van der Waals surface area contributed by atoms with Crippen molar-refractivity contribution in [1.82, 2.24) is 5.32 Å². The van der Waals surface area contributed by atoms with Gasteiger partial charge in [0, 0.05) is 7.05 Å². The maximum Gasteiger partial charge on any atom is 0.335 e. The van der Waals surface area contributed by atoms with Gasteiger partial charge < -0.3 is 15.2 Å². The largest absolute Gasteiger partial charge is 0.483 e. The van der Waals surface area contributed by atoms with Gasteiger partial charge in [-0.1, -0.05) is 6.07 Å². The molecule has 0 aliphatic heterocycles. The van der Waals surface area contributed by atoms with Crippen LogP contribution in [0.1, 0.15) is 15.9 Å². The average Bonchev–Trinajstić information content (AvgIpc) is 2.27. The van der Waals surface area contributed by atoms with E-state index >= 15 is 0 Å². The number of nitrogens with one attached hydrogen (secondary N) is 1. The molecule has 16 heavy (non-hydrogen) atoms. The third-order valence-corrected chi connectivity index (χ3v) is 2.07. The number of carbonyl (C=O) groups excluding carboxylic acids is 1. The fourth-order valence-electron chi connectivity index (χ4n) is 1.10. The predicted molar refractivity (Wildman–Crippen MR) is 57.7 cm³/mol. The SMILES string of the molecule is CNC(=O)COc1cc(C(=O)O)ccc1C. The number of aromatic carboxylic acids is 1. The summed E-state index contributed by atoms with van der Waals surface area (Å²) in [6.45, 7) is 1.66. The van der Waals surface area contributed by atoms with Crippen LogP contribution in [0.2, 0.25) is 0 Å². The summed E-state index contributed by atoms with van der Waals surface area (Å²) < 4.78 is 5.20. The minimum atomic E-state index is -1.02. The minimum Gasteiger partial charge on any atom is -0.483 e. The molecule has 2 N–H and O–H groups in total. The van der Waals surface area contributed by atoms with E-state index in [0.717, 1.165) is 5.56 Å². The van der Waals surface area contributed by atoms with E-state index in [9.17, 15) is 9.59 Å². The maximum absolute atomic E-state index is 11.0. The van der Waals surface area contributed by atoms with Crippen molar-refractivity contribution in [3.63, 3.8) is 0 Å². The van der Waals surface area contributed by atoms with Crippen LogP contribution in [0.25, 0.3) is 0 Å². The van der Waals surface area contributed by atoms with E-state index in [1.54, 1.807) is 13.0 Å². The van der Waals surface area contributed by atoms with Crippen molar-refractivity contribution >= 4 is 11.9 Å². The first kappa shape index (κ1) is 12.0. The molecule has 0 atom stereocenters. The van der Waals surface area contributed by atoms with Crippen LogP contribution in [0.15, 0.2) is 18.2 Å². The second-order valence-electron chi connectivity index (χ2n) is 3.25. The average molecular weight is 223 g/mol. The first-order valence-electron chi connectivity index (χ1n) is 4.72. The zero-order valence-corrected chi connectivity index (χ0v) is 9.11. The van der Waals surface area contributed by atoms with Crippen LogP contribution in [0, 0.1) is 6.92 Å². The fourth-order valence-corrected chi connectivity index (χ4v) is 1.10. The predicted octanol–water partition coefficient (Wildman–Crippen LogP) is 0.818. The highest BCUT2D eigenvalue weighted by Gasteiger charge is 2.08. The van der Waals surface area contributed by atoms with Gasteiger partial charge in [0.15, 0.2) is 6.61 Å². The highest BCUT2D eigenvalue weighted by Crippen LogP contribution is 2.19. The number of carboxylic acids is 1. The number of benzene rings is 1. The van der Waals surface area contributed by atoms with Crippen LogP contribution >= 0.6 is 0 Å². The van der Waals surface area contributed by atoms with E-state index in [0.29, 0.717) is 5.75 Å². The van der Waals surface area contributed by atoms with Crippen molar-refractivity contribution < 1.29 is 19.4 Å². The Morgan fingerprint density at radius 3 is 2.69 bits per heavy atom. The molecule has 0 radical (unpaired) electrons. The highest BCUT2D eigenvalue weighted by molar-refractivity contribution is 5.88. The molecule has 0 fully saturated rings. The lowest BCUT2D eigenvalue weighted by Gasteiger charge is -2.08. The Bertz CT molecular complexity index is 414. The van der Waals surface area contributed by atoms with Gasteiger partial charge in [-0.2, -0.15) is 0 Å². The Labute approximate surface area is 93.0 Å². The van der Waals surface area contributed by atoms with Crippen LogP contribution < -0.4 is 10.1 Å². The van der Waals surface area contributed by atoms with Gasteiger partial charge in [-0.3, -0.25) is 4.79 Å². The van der Waals surface area contributed by atoms with Crippen molar-refractivity contribution in [2.45, 2.75) is 6.92 Å². The van der Waals surface area contributed by atoms with Gasteiger partial charge in [0.1, 0.15) is 5.75 Å². The van der Waals surface area contributed by atoms with E-state index in [-0.39, 0.29) is 18.1 Å². The van der Waals surface area contributed by atoms with Crippen LogP contribution in [0.4, 0.5) is 0 Å². The summed E-state index contributed by atoms with van der Waals surface area (Å²) in [5.41, 5.74) is 0.923. The molecule has 86 valence electrons. The minimum absolute atomic E-state index is 0.125. The number of carboxylic acid groups (broad SMARTS) is 1. The summed E-state index contributed by atoms with van der Waals surface area (Å²) in [4.78, 5) is 21.7. The number of likely N-dealkylation sites (N-methyl/N-ethyl adjacent to an activating group) is 1. The van der Waals surface area contributed by atoms with Gasteiger partial charge in [-0.15, -0.1) is 0 Å². The Balaban J connectivity index is 2.82. The lowest BCUT2D eigenvalue weighted by atomic mass is 10.1. The molecule has 0 aromatic heterocycles. The van der Waals surface area contributed by atoms with Crippen molar-refractivity contribution in [3.05, 3.63) is 29.3 Å². The summed E-state index contributed by atoms with van der Waals surface area (Å²) >= 11 is 0. The quantitative estimate of drug-likeness (QED) is 0.792. The summed E-state index contributed by atoms with van der Waals surface area (Å²) in [5, 5.41) is 11.2. The Morgan fingerprint density at radius 1 is 1.44 bits per heavy atom. The Hall–Kier alpha value is -2.04. The molecule has 0 bridgehead atoms. The number of carbonyl (C=O) groups is 2. The van der Waals surface area contributed by atoms with E-state index in [2.05, 4.69) is 5.32 Å². The van der Waals surface area contributed by atoms with E-state index in [4.69, 9.17) is 9.84 Å². The molecule has 0 saturated carbocycles. The third kappa shape index (κ3) is 2.98. The lowest BCUT2D eigenvalue weighted by Crippen LogP contribution is -2.25. The molecule has 5 heteroatoms. The molecule has 0 saturated heterocycles. The summed E-state index contributed by atoms with van der Waals surface area (Å²) in [6.07, 6.45) is 0. The smallest absolute Gasteiger partial charge is 0.335 e. The van der Waals surface area contributed by atoms with Gasteiger partial charge in [0.25, 0.3) is 5.91 Å². The first-order chi connectivity index (χ1) is 7.54. The molecule has 0 aliphatic carbocycles. The van der Waals surface area contributed by atoms with E-state index < -0.39 is 5.97 Å². The number of hydrogen-bond acceptors (Lipinski definition) is 3. The van der Waals surface area contributed by atoms with E-state index in [1.807, 2.05) is 0 Å². The second-order valence-corrected chi connectivity index (χ2v) is 3.25. The number of hydrogen-bond donors (Lipinski definition) is 2. The number of rotatable bonds is 4. The molecule has 0 aliphatic rings. The molecular weight excluding hydrogens is 210 g/mol. The number of aryl methyl sites for hydroxylation is 1. The fraction of sp³-hybridized carbons (Fsp3) is 0.273. The molecular formula is C11H13NO4. The Morgan fingerprint density at radius 2 is 2.12 bits per heavy atom. The van der Waals surface area contributed by atoms with Gasteiger partial charge >= 0.3 is 5.97 Å². The lowest BCUT2D eigenvalue weighted by molar-refractivity contribution is -0.122. The molecule has 0 spiro atoms. The molecule has 1 aromatic carbocycles. The van der Waals surface area contributed by atoms with Crippen molar-refractivity contribution in [3.8, 4) is 5.75 Å². The number of amides is 1. The molecule has 5 nitrogen and oxygen atoms in total. The summed E-state index contributed by atoms with van der Waals surface area (Å²) in [5.74, 6) is -0.881. The van der Waals surface area contributed by atoms with Crippen molar-refractivity contribution in [1.29, 1.82) is 0 Å². The Kier molecular flexibility index (Phi) is 3.88. The van der Waals surface area contributed by atoms with Crippen LogP contribution in [-0.2, 0) is 4.79 Å². The zero-order chi connectivity index (χ0) is 12.1. The van der Waals surface area contributed by atoms with Gasteiger partial charge in [0.05, 0.1) is 5.56 Å².